The van der Waals surface area contributed by atoms with E-state index in [0.717, 1.165) is 4.90 Å². The Hall–Kier alpha value is -1.44. The van der Waals surface area contributed by atoms with Gasteiger partial charge in [-0.15, -0.1) is 0 Å². The van der Waals surface area contributed by atoms with Crippen LogP contribution in [-0.4, -0.2) is 4.98 Å². The van der Waals surface area contributed by atoms with E-state index in [4.69, 9.17) is 21.3 Å². The summed E-state index contributed by atoms with van der Waals surface area (Å²) < 4.78 is 5.08. The number of benzene rings is 1. The Morgan fingerprint density at radius 2 is 2.33 bits per heavy atom. The highest BCUT2D eigenvalue weighted by Gasteiger charge is 2.04. The van der Waals surface area contributed by atoms with E-state index >= 15 is 0 Å². The van der Waals surface area contributed by atoms with E-state index < -0.39 is 0 Å². The van der Waals surface area contributed by atoms with Crippen molar-refractivity contribution in [3.05, 3.63) is 41.2 Å². The number of aromatic nitrogens is 1. The molecule has 0 fully saturated rings. The van der Waals surface area contributed by atoms with E-state index in [1.165, 1.54) is 18.0 Å². The molecule has 74 valence electrons. The molecular weight excluding hydrogens is 232 g/mol. The maximum absolute atomic E-state index is 8.69. The molecule has 0 N–H and O–H groups in total. The number of nitriles is 1. The molecule has 0 aliphatic rings. The lowest BCUT2D eigenvalue weighted by atomic mass is 10.2. The summed E-state index contributed by atoms with van der Waals surface area (Å²) in [5.41, 5.74) is 0.466. The molecule has 0 radical (unpaired) electrons. The Morgan fingerprint density at radius 3 is 2.93 bits per heavy atom. The highest BCUT2D eigenvalue weighted by Crippen LogP contribution is 2.29. The molecule has 1 heterocycles. The van der Waals surface area contributed by atoms with Crippen molar-refractivity contribution in [1.29, 1.82) is 5.26 Å². The van der Waals surface area contributed by atoms with Crippen LogP contribution in [0, 0.1) is 11.3 Å². The molecule has 0 saturated carbocycles. The van der Waals surface area contributed by atoms with Crippen LogP contribution in [0.1, 0.15) is 5.56 Å². The summed E-state index contributed by atoms with van der Waals surface area (Å²) in [5, 5.41) is 9.68. The number of hydrogen-bond donors (Lipinski definition) is 0. The highest BCUT2D eigenvalue weighted by molar-refractivity contribution is 7.99. The minimum atomic E-state index is 0.439. The molecular formula is C10H5ClN2OS. The van der Waals surface area contributed by atoms with Gasteiger partial charge in [-0.1, -0.05) is 11.6 Å². The summed E-state index contributed by atoms with van der Waals surface area (Å²) in [5.74, 6) is 0. The van der Waals surface area contributed by atoms with Crippen LogP contribution in [0.2, 0.25) is 5.02 Å². The monoisotopic (exact) mass is 236 g/mol. The molecule has 5 heteroatoms. The fraction of sp³-hybridized carbons (Fsp3) is 0. The van der Waals surface area contributed by atoms with Crippen LogP contribution in [0.15, 0.2) is 45.2 Å². The van der Waals surface area contributed by atoms with Crippen molar-refractivity contribution in [2.24, 2.45) is 0 Å². The standard InChI is InChI=1S/C10H5ClN2OS/c11-9-5-8(2-1-7(9)6-12)15-10-13-3-4-14-10/h1-5H. The van der Waals surface area contributed by atoms with E-state index in [-0.39, 0.29) is 0 Å². The smallest absolute Gasteiger partial charge is 0.260 e. The second-order valence-electron chi connectivity index (χ2n) is 2.65. The van der Waals surface area contributed by atoms with Crippen molar-refractivity contribution in [2.45, 2.75) is 10.1 Å². The van der Waals surface area contributed by atoms with Crippen molar-refractivity contribution >= 4 is 23.4 Å². The van der Waals surface area contributed by atoms with Crippen LogP contribution >= 0.6 is 23.4 Å². The average Bonchev–Trinajstić information content (AvgIpc) is 2.71. The molecule has 0 saturated heterocycles. The van der Waals surface area contributed by atoms with Gasteiger partial charge in [-0.2, -0.15) is 5.26 Å². The fourth-order valence-electron chi connectivity index (χ4n) is 1.01. The first-order chi connectivity index (χ1) is 7.29. The van der Waals surface area contributed by atoms with E-state index in [2.05, 4.69) is 4.98 Å². The third-order valence-electron chi connectivity index (χ3n) is 1.68. The van der Waals surface area contributed by atoms with Gasteiger partial charge < -0.3 is 4.42 Å². The normalized spacial score (nSPS) is 9.87. The predicted octanol–water partition coefficient (Wildman–Crippen LogP) is 3.35. The van der Waals surface area contributed by atoms with Crippen molar-refractivity contribution in [2.75, 3.05) is 0 Å². The Morgan fingerprint density at radius 1 is 1.47 bits per heavy atom. The van der Waals surface area contributed by atoms with E-state index in [9.17, 15) is 0 Å². The number of hydrogen-bond acceptors (Lipinski definition) is 4. The van der Waals surface area contributed by atoms with Gasteiger partial charge in [0.25, 0.3) is 5.22 Å². The van der Waals surface area contributed by atoms with Crippen molar-refractivity contribution in [1.82, 2.24) is 4.98 Å². The molecule has 1 aromatic carbocycles. The van der Waals surface area contributed by atoms with Gasteiger partial charge >= 0.3 is 0 Å². The zero-order chi connectivity index (χ0) is 10.7. The van der Waals surface area contributed by atoms with Gasteiger partial charge in [0.05, 0.1) is 16.8 Å². The molecule has 2 aromatic rings. The Bertz CT molecular complexity index is 505. The lowest BCUT2D eigenvalue weighted by molar-refractivity contribution is 0.454. The van der Waals surface area contributed by atoms with Crippen molar-refractivity contribution in [3.63, 3.8) is 0 Å². The number of rotatable bonds is 2. The molecule has 0 spiro atoms. The molecule has 0 bridgehead atoms. The van der Waals surface area contributed by atoms with Gasteiger partial charge in [0.1, 0.15) is 12.3 Å². The Kier molecular flexibility index (Phi) is 2.95. The molecule has 0 unspecified atom stereocenters. The molecule has 0 aliphatic carbocycles. The first-order valence-electron chi connectivity index (χ1n) is 4.06. The third-order valence-corrected chi connectivity index (χ3v) is 2.85. The summed E-state index contributed by atoms with van der Waals surface area (Å²) in [4.78, 5) is 4.86. The predicted molar refractivity (Wildman–Crippen MR) is 56.8 cm³/mol. The molecule has 15 heavy (non-hydrogen) atoms. The van der Waals surface area contributed by atoms with Crippen LogP contribution in [-0.2, 0) is 0 Å². The molecule has 0 aliphatic heterocycles. The summed E-state index contributed by atoms with van der Waals surface area (Å²) in [6.07, 6.45) is 3.08. The average molecular weight is 237 g/mol. The second kappa shape index (κ2) is 4.39. The number of oxazole rings is 1. The summed E-state index contributed by atoms with van der Waals surface area (Å²) >= 11 is 7.24. The van der Waals surface area contributed by atoms with E-state index in [0.29, 0.717) is 15.8 Å². The zero-order valence-corrected chi connectivity index (χ0v) is 9.05. The van der Waals surface area contributed by atoms with Gasteiger partial charge in [0.2, 0.25) is 0 Å². The topological polar surface area (TPSA) is 49.8 Å². The molecule has 2 rings (SSSR count). The zero-order valence-electron chi connectivity index (χ0n) is 7.48. The first kappa shape index (κ1) is 10.1. The molecule has 0 amide bonds. The largest absolute Gasteiger partial charge is 0.440 e. The maximum atomic E-state index is 8.69. The van der Waals surface area contributed by atoms with E-state index in [1.54, 1.807) is 24.4 Å². The van der Waals surface area contributed by atoms with Crippen LogP contribution in [0.5, 0.6) is 0 Å². The second-order valence-corrected chi connectivity index (χ2v) is 4.09. The molecule has 0 atom stereocenters. The van der Waals surface area contributed by atoms with Crippen molar-refractivity contribution < 1.29 is 4.42 Å². The maximum Gasteiger partial charge on any atom is 0.260 e. The van der Waals surface area contributed by atoms with Gasteiger partial charge in [0, 0.05) is 4.90 Å². The molecule has 3 nitrogen and oxygen atoms in total. The van der Waals surface area contributed by atoms with Gasteiger partial charge in [-0.25, -0.2) is 4.98 Å². The summed E-state index contributed by atoms with van der Waals surface area (Å²) in [6, 6.07) is 7.20. The van der Waals surface area contributed by atoms with Crippen molar-refractivity contribution in [3.8, 4) is 6.07 Å². The highest BCUT2D eigenvalue weighted by atomic mass is 35.5. The SMILES string of the molecule is N#Cc1ccc(Sc2ncco2)cc1Cl. The van der Waals surface area contributed by atoms with E-state index in [1.807, 2.05) is 6.07 Å². The Balaban J connectivity index is 2.24. The summed E-state index contributed by atoms with van der Waals surface area (Å²) in [7, 11) is 0. The Labute approximate surface area is 95.7 Å². The molecule has 1 aromatic heterocycles. The van der Waals surface area contributed by atoms with Gasteiger partial charge in [0.15, 0.2) is 0 Å². The van der Waals surface area contributed by atoms with Gasteiger partial charge in [-0.3, -0.25) is 0 Å². The third kappa shape index (κ3) is 2.32. The van der Waals surface area contributed by atoms with Gasteiger partial charge in [-0.05, 0) is 30.0 Å². The van der Waals surface area contributed by atoms with Crippen LogP contribution in [0.3, 0.4) is 0 Å². The minimum Gasteiger partial charge on any atom is -0.440 e. The number of nitrogens with zero attached hydrogens (tertiary/aromatic N) is 2. The quantitative estimate of drug-likeness (QED) is 0.802. The minimum absolute atomic E-state index is 0.439. The lowest BCUT2D eigenvalue weighted by Gasteiger charge is -1.98. The number of halogens is 1. The van der Waals surface area contributed by atoms with Crippen LogP contribution in [0.4, 0.5) is 0 Å². The fourth-order valence-corrected chi connectivity index (χ4v) is 2.03. The first-order valence-corrected chi connectivity index (χ1v) is 5.26. The summed E-state index contributed by atoms with van der Waals surface area (Å²) in [6.45, 7) is 0. The lowest BCUT2D eigenvalue weighted by Crippen LogP contribution is -1.78. The van der Waals surface area contributed by atoms with Crippen LogP contribution in [0.25, 0.3) is 0 Å². The van der Waals surface area contributed by atoms with Crippen LogP contribution < -0.4 is 0 Å².